The van der Waals surface area contributed by atoms with E-state index in [9.17, 15) is 9.00 Å². The number of carbonyl (C=O) groups is 1. The summed E-state index contributed by atoms with van der Waals surface area (Å²) in [4.78, 5) is 13.2. The van der Waals surface area contributed by atoms with E-state index >= 15 is 0 Å². The summed E-state index contributed by atoms with van der Waals surface area (Å²) >= 11 is 3.43. The average molecular weight is 384 g/mol. The Morgan fingerprint density at radius 1 is 1.32 bits per heavy atom. The van der Waals surface area contributed by atoms with Gasteiger partial charge in [-0.15, -0.1) is 0 Å². The van der Waals surface area contributed by atoms with Gasteiger partial charge in [-0.2, -0.15) is 4.36 Å². The number of fused-ring (bicyclic) bond motifs is 1. The van der Waals surface area contributed by atoms with Crippen LogP contribution in [0, 0.1) is 11.3 Å². The summed E-state index contributed by atoms with van der Waals surface area (Å²) in [5.74, 6) is 0.388. The largest absolute Gasteiger partial charge is 0.381 e. The van der Waals surface area contributed by atoms with Gasteiger partial charge in [0.15, 0.2) is 0 Å². The van der Waals surface area contributed by atoms with Crippen LogP contribution in [-0.4, -0.2) is 28.6 Å². The lowest BCUT2D eigenvalue weighted by Crippen LogP contribution is -2.30. The Hall–Kier alpha value is -0.720. The number of benzene rings is 1. The predicted octanol–water partition coefficient (Wildman–Crippen LogP) is 3.39. The third-order valence-electron chi connectivity index (χ3n) is 5.08. The fraction of sp³-hybridized carbons (Fsp3) is 0.562. The first-order valence-corrected chi connectivity index (χ1v) is 10.1. The van der Waals surface area contributed by atoms with Crippen molar-refractivity contribution in [3.8, 4) is 0 Å². The average Bonchev–Trinajstić information content (AvgIpc) is 3.38. The second-order valence-corrected chi connectivity index (χ2v) is 9.87. The number of nitrogens with zero attached hydrogens (tertiary/aromatic N) is 1. The molecule has 1 aromatic rings. The van der Waals surface area contributed by atoms with E-state index in [4.69, 9.17) is 4.74 Å². The monoisotopic (exact) mass is 383 g/mol. The van der Waals surface area contributed by atoms with Gasteiger partial charge in [0.25, 0.3) is 5.91 Å². The normalized spacial score (nSPS) is 32.7. The Kier molecular flexibility index (Phi) is 3.47. The summed E-state index contributed by atoms with van der Waals surface area (Å²) in [5.41, 5.74) is -0.222. The molecule has 4 rings (SSSR count). The van der Waals surface area contributed by atoms with Gasteiger partial charge in [0.1, 0.15) is 0 Å². The summed E-state index contributed by atoms with van der Waals surface area (Å²) < 4.78 is 24.3. The molecule has 1 atom stereocenters. The SMILES string of the molecule is O=C(N=S(=O)(c1cccc(Br)c1)C1CCOCC1)C12CC1C2. The summed E-state index contributed by atoms with van der Waals surface area (Å²) in [5, 5.41) is -0.105. The Labute approximate surface area is 138 Å². The number of hydrogen-bond acceptors (Lipinski definition) is 3. The Morgan fingerprint density at radius 3 is 2.59 bits per heavy atom. The van der Waals surface area contributed by atoms with Gasteiger partial charge in [-0.3, -0.25) is 4.79 Å². The molecular formula is C16H18BrNO3S. The molecule has 0 N–H and O–H groups in total. The van der Waals surface area contributed by atoms with Gasteiger partial charge in [0, 0.05) is 22.6 Å². The number of rotatable bonds is 3. The molecule has 1 amide bonds. The molecule has 22 heavy (non-hydrogen) atoms. The summed E-state index contributed by atoms with van der Waals surface area (Å²) in [6, 6.07) is 7.41. The molecule has 0 radical (unpaired) electrons. The maximum atomic E-state index is 13.7. The van der Waals surface area contributed by atoms with Crippen LogP contribution in [0.5, 0.6) is 0 Å². The summed E-state index contributed by atoms with van der Waals surface area (Å²) in [6.07, 6.45) is 3.27. The molecule has 4 nitrogen and oxygen atoms in total. The Balaban J connectivity index is 1.78. The van der Waals surface area contributed by atoms with Crippen molar-refractivity contribution in [2.24, 2.45) is 15.7 Å². The highest BCUT2D eigenvalue weighted by molar-refractivity contribution is 9.10. The molecule has 6 heteroatoms. The van der Waals surface area contributed by atoms with E-state index in [2.05, 4.69) is 20.3 Å². The molecule has 0 spiro atoms. The first kappa shape index (κ1) is 14.8. The van der Waals surface area contributed by atoms with Gasteiger partial charge in [-0.1, -0.05) is 22.0 Å². The molecule has 3 fully saturated rings. The maximum absolute atomic E-state index is 13.7. The maximum Gasteiger partial charge on any atom is 0.260 e. The van der Waals surface area contributed by atoms with Crippen molar-refractivity contribution in [3.05, 3.63) is 28.7 Å². The number of amides is 1. The molecular weight excluding hydrogens is 366 g/mol. The number of halogens is 1. The minimum absolute atomic E-state index is 0.105. The predicted molar refractivity (Wildman–Crippen MR) is 87.0 cm³/mol. The van der Waals surface area contributed by atoms with E-state index in [1.807, 2.05) is 24.3 Å². The molecule has 1 saturated heterocycles. The second-order valence-electron chi connectivity index (χ2n) is 6.50. The number of ether oxygens (including phenoxy) is 1. The molecule has 1 heterocycles. The van der Waals surface area contributed by atoms with Crippen molar-refractivity contribution >= 4 is 31.6 Å². The zero-order chi connectivity index (χ0) is 15.4. The van der Waals surface area contributed by atoms with E-state index < -0.39 is 9.73 Å². The summed E-state index contributed by atoms with van der Waals surface area (Å²) in [6.45, 7) is 1.18. The van der Waals surface area contributed by atoms with Crippen LogP contribution in [0.25, 0.3) is 0 Å². The topological polar surface area (TPSA) is 55.7 Å². The van der Waals surface area contributed by atoms with Crippen molar-refractivity contribution in [2.75, 3.05) is 13.2 Å². The molecule has 1 aliphatic heterocycles. The van der Waals surface area contributed by atoms with E-state index in [0.717, 1.165) is 17.3 Å². The first-order valence-electron chi connectivity index (χ1n) is 7.68. The van der Waals surface area contributed by atoms with E-state index in [1.165, 1.54) is 0 Å². The highest BCUT2D eigenvalue weighted by atomic mass is 79.9. The lowest BCUT2D eigenvalue weighted by molar-refractivity contribution is -0.120. The van der Waals surface area contributed by atoms with E-state index in [1.54, 1.807) is 0 Å². The standard InChI is InChI=1S/C16H18BrNO3S/c17-12-2-1-3-14(8-12)22(20,13-4-6-21-7-5-13)18-15(19)16-9-11(16)10-16/h1-3,8,11,13H,4-7,9-10H2. The fourth-order valence-electron chi connectivity index (χ4n) is 3.23. The molecule has 0 aromatic heterocycles. The second kappa shape index (κ2) is 5.14. The van der Waals surface area contributed by atoms with Gasteiger partial charge in [-0.05, 0) is 49.8 Å². The lowest BCUT2D eigenvalue weighted by atomic mass is 10.2. The van der Waals surface area contributed by atoms with Gasteiger partial charge >= 0.3 is 0 Å². The highest BCUT2D eigenvalue weighted by Crippen LogP contribution is 2.76. The Bertz CT molecular complexity index is 742. The van der Waals surface area contributed by atoms with Gasteiger partial charge < -0.3 is 4.74 Å². The van der Waals surface area contributed by atoms with Crippen molar-refractivity contribution < 1.29 is 13.7 Å². The van der Waals surface area contributed by atoms with Crippen LogP contribution in [-0.2, 0) is 19.3 Å². The van der Waals surface area contributed by atoms with Gasteiger partial charge in [0.2, 0.25) is 0 Å². The van der Waals surface area contributed by atoms with Crippen LogP contribution >= 0.6 is 15.9 Å². The molecule has 1 unspecified atom stereocenters. The van der Waals surface area contributed by atoms with Crippen molar-refractivity contribution in [2.45, 2.75) is 35.8 Å². The van der Waals surface area contributed by atoms with Crippen molar-refractivity contribution in [3.63, 3.8) is 0 Å². The van der Waals surface area contributed by atoms with Gasteiger partial charge in [0.05, 0.1) is 20.4 Å². The smallest absolute Gasteiger partial charge is 0.260 e. The van der Waals surface area contributed by atoms with Crippen LogP contribution in [0.4, 0.5) is 0 Å². The number of hydrogen-bond donors (Lipinski definition) is 0. The highest BCUT2D eigenvalue weighted by Gasteiger charge is 2.74. The quantitative estimate of drug-likeness (QED) is 0.803. The third-order valence-corrected chi connectivity index (χ3v) is 8.32. The van der Waals surface area contributed by atoms with Crippen LogP contribution in [0.3, 0.4) is 0 Å². The first-order chi connectivity index (χ1) is 10.5. The molecule has 1 aromatic carbocycles. The van der Waals surface area contributed by atoms with E-state index in [-0.39, 0.29) is 16.6 Å². The van der Waals surface area contributed by atoms with Crippen molar-refractivity contribution in [1.29, 1.82) is 0 Å². The fourth-order valence-corrected chi connectivity index (χ4v) is 6.25. The van der Waals surface area contributed by atoms with Crippen LogP contribution in [0.2, 0.25) is 0 Å². The third kappa shape index (κ3) is 2.36. The minimum atomic E-state index is -2.74. The van der Waals surface area contributed by atoms with Crippen LogP contribution in [0.15, 0.2) is 38.0 Å². The molecule has 0 bridgehead atoms. The molecule has 2 saturated carbocycles. The lowest BCUT2D eigenvalue weighted by Gasteiger charge is -2.25. The zero-order valence-corrected chi connectivity index (χ0v) is 14.6. The molecule has 3 aliphatic rings. The van der Waals surface area contributed by atoms with Gasteiger partial charge in [-0.25, -0.2) is 4.21 Å². The molecule has 118 valence electrons. The zero-order valence-electron chi connectivity index (χ0n) is 12.2. The minimum Gasteiger partial charge on any atom is -0.381 e. The van der Waals surface area contributed by atoms with Crippen LogP contribution in [0.1, 0.15) is 25.7 Å². The summed E-state index contributed by atoms with van der Waals surface area (Å²) in [7, 11) is -2.74. The van der Waals surface area contributed by atoms with E-state index in [0.29, 0.717) is 36.9 Å². The van der Waals surface area contributed by atoms with Crippen molar-refractivity contribution in [1.82, 2.24) is 0 Å². The number of carbonyl (C=O) groups excluding carboxylic acids is 1. The molecule has 2 aliphatic carbocycles. The Morgan fingerprint density at radius 2 is 2.00 bits per heavy atom. The van der Waals surface area contributed by atoms with Crippen LogP contribution < -0.4 is 0 Å².